The van der Waals surface area contributed by atoms with E-state index in [4.69, 9.17) is 0 Å². The van der Waals surface area contributed by atoms with Crippen LogP contribution < -0.4 is 0 Å². The van der Waals surface area contributed by atoms with E-state index in [9.17, 15) is 4.79 Å². The highest BCUT2D eigenvalue weighted by molar-refractivity contribution is 7.08. The summed E-state index contributed by atoms with van der Waals surface area (Å²) < 4.78 is 2.10. The molecule has 0 aliphatic rings. The Kier molecular flexibility index (Phi) is 2.25. The van der Waals surface area contributed by atoms with Gasteiger partial charge in [-0.2, -0.15) is 11.3 Å². The minimum absolute atomic E-state index is 0.772. The van der Waals surface area contributed by atoms with Crippen LogP contribution >= 0.6 is 11.3 Å². The van der Waals surface area contributed by atoms with Gasteiger partial charge in [0.1, 0.15) is 0 Å². The first-order valence-electron chi connectivity index (χ1n) is 4.40. The molecular formula is C11H11NOS. The average Bonchev–Trinajstić information content (AvgIpc) is 2.74. The normalized spacial score (nSPS) is 10.4. The van der Waals surface area contributed by atoms with E-state index in [2.05, 4.69) is 16.0 Å². The van der Waals surface area contributed by atoms with Crippen molar-refractivity contribution in [2.75, 3.05) is 0 Å². The molecule has 0 amide bonds. The van der Waals surface area contributed by atoms with Crippen LogP contribution in [0.5, 0.6) is 0 Å². The fourth-order valence-corrected chi connectivity index (χ4v) is 2.31. The molecule has 2 aromatic heterocycles. The monoisotopic (exact) mass is 205 g/mol. The first-order valence-corrected chi connectivity index (χ1v) is 5.35. The third kappa shape index (κ3) is 1.30. The Hall–Kier alpha value is -1.35. The van der Waals surface area contributed by atoms with E-state index >= 15 is 0 Å². The zero-order valence-corrected chi connectivity index (χ0v) is 8.97. The van der Waals surface area contributed by atoms with Crippen LogP contribution in [0.1, 0.15) is 21.7 Å². The highest BCUT2D eigenvalue weighted by Gasteiger charge is 2.09. The third-order valence-corrected chi connectivity index (χ3v) is 3.03. The fraction of sp³-hybridized carbons (Fsp3) is 0.182. The van der Waals surface area contributed by atoms with E-state index in [0.717, 1.165) is 28.9 Å². The summed E-state index contributed by atoms with van der Waals surface area (Å²) in [6, 6.07) is 3.97. The van der Waals surface area contributed by atoms with Crippen LogP contribution in [0.4, 0.5) is 0 Å². The van der Waals surface area contributed by atoms with Crippen molar-refractivity contribution in [2.24, 2.45) is 0 Å². The zero-order valence-electron chi connectivity index (χ0n) is 8.15. The number of nitrogens with zero attached hydrogens (tertiary/aromatic N) is 1. The van der Waals surface area contributed by atoms with Crippen LogP contribution in [0.15, 0.2) is 22.9 Å². The molecule has 0 spiro atoms. The third-order valence-electron chi connectivity index (χ3n) is 2.36. The van der Waals surface area contributed by atoms with E-state index < -0.39 is 0 Å². The molecule has 0 aromatic carbocycles. The van der Waals surface area contributed by atoms with E-state index in [1.807, 2.05) is 25.3 Å². The number of aromatic nitrogens is 1. The molecule has 0 radical (unpaired) electrons. The van der Waals surface area contributed by atoms with E-state index in [-0.39, 0.29) is 0 Å². The lowest BCUT2D eigenvalue weighted by Crippen LogP contribution is -1.97. The first-order chi connectivity index (χ1) is 6.74. The maximum Gasteiger partial charge on any atom is 0.151 e. The SMILES string of the molecule is Cc1cc(C=O)c(C)n1-c1ccsc1. The smallest absolute Gasteiger partial charge is 0.151 e. The molecule has 2 rings (SSSR count). The molecule has 0 N–H and O–H groups in total. The minimum atomic E-state index is 0.772. The molecule has 0 aliphatic heterocycles. The molecule has 2 aromatic rings. The molecule has 0 fully saturated rings. The molecule has 14 heavy (non-hydrogen) atoms. The van der Waals surface area contributed by atoms with Gasteiger partial charge in [0.05, 0.1) is 5.69 Å². The van der Waals surface area contributed by atoms with Gasteiger partial charge in [-0.1, -0.05) is 0 Å². The molecule has 0 aliphatic carbocycles. The number of hydrogen-bond donors (Lipinski definition) is 0. The summed E-state index contributed by atoms with van der Waals surface area (Å²) >= 11 is 1.66. The Morgan fingerprint density at radius 3 is 2.71 bits per heavy atom. The second-order valence-electron chi connectivity index (χ2n) is 3.26. The van der Waals surface area contributed by atoms with Crippen LogP contribution in [0.3, 0.4) is 0 Å². The van der Waals surface area contributed by atoms with Crippen LogP contribution in [0.25, 0.3) is 5.69 Å². The van der Waals surface area contributed by atoms with Crippen LogP contribution in [-0.4, -0.2) is 10.9 Å². The maximum absolute atomic E-state index is 10.8. The summed E-state index contributed by atoms with van der Waals surface area (Å²) in [5, 5.41) is 4.11. The van der Waals surface area contributed by atoms with Gasteiger partial charge >= 0.3 is 0 Å². The van der Waals surface area contributed by atoms with Crippen molar-refractivity contribution in [3.8, 4) is 5.69 Å². The Morgan fingerprint density at radius 1 is 1.43 bits per heavy atom. The number of aldehydes is 1. The lowest BCUT2D eigenvalue weighted by Gasteiger charge is -2.05. The molecule has 72 valence electrons. The molecule has 0 saturated carbocycles. The summed E-state index contributed by atoms with van der Waals surface area (Å²) in [7, 11) is 0. The van der Waals surface area contributed by atoms with Crippen molar-refractivity contribution in [3.05, 3.63) is 39.8 Å². The predicted molar refractivity (Wildman–Crippen MR) is 58.5 cm³/mol. The molecule has 0 atom stereocenters. The maximum atomic E-state index is 10.8. The number of aryl methyl sites for hydroxylation is 1. The Morgan fingerprint density at radius 2 is 2.21 bits per heavy atom. The molecule has 0 bridgehead atoms. The van der Waals surface area contributed by atoms with Gasteiger partial charge in [-0.15, -0.1) is 0 Å². The van der Waals surface area contributed by atoms with Gasteiger partial charge in [0.15, 0.2) is 6.29 Å². The summed E-state index contributed by atoms with van der Waals surface area (Å²) in [6.07, 6.45) is 0.908. The lowest BCUT2D eigenvalue weighted by atomic mass is 10.3. The Labute approximate surface area is 86.8 Å². The van der Waals surface area contributed by atoms with Crippen molar-refractivity contribution in [1.82, 2.24) is 4.57 Å². The standard InChI is InChI=1S/C11H11NOS/c1-8-5-10(6-13)9(2)12(8)11-3-4-14-7-11/h3-7H,1-2H3. The van der Waals surface area contributed by atoms with Gasteiger partial charge in [0.25, 0.3) is 0 Å². The van der Waals surface area contributed by atoms with Crippen LogP contribution in [0.2, 0.25) is 0 Å². The van der Waals surface area contributed by atoms with Gasteiger partial charge in [0.2, 0.25) is 0 Å². The molecule has 2 heterocycles. The highest BCUT2D eigenvalue weighted by atomic mass is 32.1. The number of carbonyl (C=O) groups excluding carboxylic acids is 1. The van der Waals surface area contributed by atoms with Crippen molar-refractivity contribution in [3.63, 3.8) is 0 Å². The molecule has 0 saturated heterocycles. The van der Waals surface area contributed by atoms with E-state index in [1.54, 1.807) is 11.3 Å². The Balaban J connectivity index is 2.64. The quantitative estimate of drug-likeness (QED) is 0.691. The second-order valence-corrected chi connectivity index (χ2v) is 4.04. The minimum Gasteiger partial charge on any atom is -0.317 e. The van der Waals surface area contributed by atoms with Gasteiger partial charge in [-0.25, -0.2) is 0 Å². The molecule has 2 nitrogen and oxygen atoms in total. The van der Waals surface area contributed by atoms with Crippen molar-refractivity contribution in [2.45, 2.75) is 13.8 Å². The van der Waals surface area contributed by atoms with Crippen molar-refractivity contribution >= 4 is 17.6 Å². The molecule has 3 heteroatoms. The largest absolute Gasteiger partial charge is 0.317 e. The number of carbonyl (C=O) groups is 1. The molecular weight excluding hydrogens is 194 g/mol. The zero-order chi connectivity index (χ0) is 10.1. The van der Waals surface area contributed by atoms with Gasteiger partial charge in [-0.3, -0.25) is 4.79 Å². The van der Waals surface area contributed by atoms with Gasteiger partial charge in [-0.05, 0) is 31.4 Å². The van der Waals surface area contributed by atoms with Gasteiger partial charge in [0, 0.05) is 22.3 Å². The fourth-order valence-electron chi connectivity index (χ4n) is 1.69. The van der Waals surface area contributed by atoms with Crippen LogP contribution in [0, 0.1) is 13.8 Å². The number of hydrogen-bond acceptors (Lipinski definition) is 2. The van der Waals surface area contributed by atoms with Gasteiger partial charge < -0.3 is 4.57 Å². The van der Waals surface area contributed by atoms with E-state index in [1.165, 1.54) is 0 Å². The van der Waals surface area contributed by atoms with Crippen molar-refractivity contribution in [1.29, 1.82) is 0 Å². The van der Waals surface area contributed by atoms with Crippen LogP contribution in [-0.2, 0) is 0 Å². The van der Waals surface area contributed by atoms with Crippen molar-refractivity contribution < 1.29 is 4.79 Å². The van der Waals surface area contributed by atoms with E-state index in [0.29, 0.717) is 0 Å². The second kappa shape index (κ2) is 3.42. The summed E-state index contributed by atoms with van der Waals surface area (Å²) in [6.45, 7) is 3.98. The topological polar surface area (TPSA) is 22.0 Å². The summed E-state index contributed by atoms with van der Waals surface area (Å²) in [5.41, 5.74) is 4.02. The Bertz CT molecular complexity index is 454. The summed E-state index contributed by atoms with van der Waals surface area (Å²) in [5.74, 6) is 0. The summed E-state index contributed by atoms with van der Waals surface area (Å²) in [4.78, 5) is 10.8. The number of thiophene rings is 1. The molecule has 0 unspecified atom stereocenters. The highest BCUT2D eigenvalue weighted by Crippen LogP contribution is 2.21. The number of rotatable bonds is 2. The lowest BCUT2D eigenvalue weighted by molar-refractivity contribution is 0.112. The predicted octanol–water partition coefficient (Wildman–Crippen LogP) is 2.97. The first kappa shape index (κ1) is 9.21. The average molecular weight is 205 g/mol.